The topological polar surface area (TPSA) is 51.7 Å². The number of benzene rings is 2. The second kappa shape index (κ2) is 9.29. The number of alkyl halides is 3. The van der Waals surface area contributed by atoms with Gasteiger partial charge >= 0.3 is 12.1 Å². The van der Waals surface area contributed by atoms with Gasteiger partial charge < -0.3 is 14.4 Å². The number of carbonyl (C=O) groups excluding carboxylic acids is 1. The van der Waals surface area contributed by atoms with Crippen LogP contribution in [0, 0.1) is 5.92 Å². The first kappa shape index (κ1) is 22.9. The third-order valence-corrected chi connectivity index (χ3v) is 5.95. The van der Waals surface area contributed by atoms with Crippen LogP contribution in [0.2, 0.25) is 0 Å². The Bertz CT molecular complexity index is 1160. The van der Waals surface area contributed by atoms with Crippen LogP contribution in [0.15, 0.2) is 48.5 Å². The van der Waals surface area contributed by atoms with Gasteiger partial charge in [-0.05, 0) is 67.3 Å². The number of hydrogen-bond acceptors (Lipinski definition) is 5. The Morgan fingerprint density at radius 1 is 1.06 bits per heavy atom. The summed E-state index contributed by atoms with van der Waals surface area (Å²) in [7, 11) is 1.23. The van der Waals surface area contributed by atoms with Crippen molar-refractivity contribution in [2.45, 2.75) is 25.9 Å². The van der Waals surface area contributed by atoms with E-state index in [1.54, 1.807) is 19.1 Å². The lowest BCUT2D eigenvalue weighted by molar-refractivity contribution is -0.148. The molecule has 5 nitrogen and oxygen atoms in total. The summed E-state index contributed by atoms with van der Waals surface area (Å²) in [6, 6.07) is 13.3. The molecule has 1 aliphatic rings. The highest BCUT2D eigenvalue weighted by atomic mass is 19.4. The van der Waals surface area contributed by atoms with Crippen molar-refractivity contribution in [2.75, 3.05) is 31.7 Å². The summed E-state index contributed by atoms with van der Waals surface area (Å²) in [5.41, 5.74) is 1.08. The molecule has 2 heterocycles. The summed E-state index contributed by atoms with van der Waals surface area (Å²) >= 11 is 0. The highest BCUT2D eigenvalue weighted by Crippen LogP contribution is 2.39. The van der Waals surface area contributed by atoms with Crippen molar-refractivity contribution in [1.82, 2.24) is 4.98 Å². The normalized spacial score (nSPS) is 15.0. The number of esters is 1. The minimum atomic E-state index is -4.50. The maximum atomic E-state index is 13.4. The molecule has 1 saturated heterocycles. The van der Waals surface area contributed by atoms with Gasteiger partial charge in [0, 0.05) is 18.5 Å². The van der Waals surface area contributed by atoms with Crippen molar-refractivity contribution >= 4 is 22.7 Å². The van der Waals surface area contributed by atoms with E-state index in [1.807, 2.05) is 24.3 Å². The average molecular weight is 458 g/mol. The number of methoxy groups -OCH3 is 1. The third kappa shape index (κ3) is 4.89. The van der Waals surface area contributed by atoms with Crippen LogP contribution in [0.5, 0.6) is 5.75 Å². The van der Waals surface area contributed by atoms with Gasteiger partial charge in [-0.1, -0.05) is 12.1 Å². The van der Waals surface area contributed by atoms with Crippen LogP contribution < -0.4 is 9.64 Å². The molecule has 0 amide bonds. The Kier molecular flexibility index (Phi) is 6.44. The Morgan fingerprint density at radius 2 is 1.76 bits per heavy atom. The van der Waals surface area contributed by atoms with Crippen molar-refractivity contribution < 1.29 is 27.4 Å². The van der Waals surface area contributed by atoms with Crippen LogP contribution >= 0.6 is 0 Å². The Morgan fingerprint density at radius 3 is 2.42 bits per heavy atom. The van der Waals surface area contributed by atoms with Gasteiger partial charge in [-0.25, -0.2) is 4.98 Å². The first-order chi connectivity index (χ1) is 15.8. The summed E-state index contributed by atoms with van der Waals surface area (Å²) in [6.07, 6.45) is -3.07. The molecule has 0 aliphatic carbocycles. The van der Waals surface area contributed by atoms with Gasteiger partial charge in [-0.2, -0.15) is 13.2 Å². The summed E-state index contributed by atoms with van der Waals surface area (Å²) in [6.45, 7) is 3.63. The van der Waals surface area contributed by atoms with Gasteiger partial charge in [-0.15, -0.1) is 0 Å². The standard InChI is InChI=1S/C25H25F3N2O3/c1-3-33-24(31)16-10-12-30(13-11-16)23-9-6-19-14-17(4-7-21(19)29-23)18-5-8-22(32-2)20(15-18)25(26,27)28/h4-9,14-16H,3,10-13H2,1-2H3. The minimum absolute atomic E-state index is 0.0738. The van der Waals surface area contributed by atoms with Crippen LogP contribution in [-0.2, 0) is 15.7 Å². The summed E-state index contributed by atoms with van der Waals surface area (Å²) in [5.74, 6) is 0.408. The fraction of sp³-hybridized carbons (Fsp3) is 0.360. The van der Waals surface area contributed by atoms with Crippen LogP contribution in [0.3, 0.4) is 0 Å². The number of fused-ring (bicyclic) bond motifs is 1. The van der Waals surface area contributed by atoms with E-state index >= 15 is 0 Å². The average Bonchev–Trinajstić information content (AvgIpc) is 2.82. The molecule has 33 heavy (non-hydrogen) atoms. The molecule has 0 N–H and O–H groups in total. The zero-order valence-electron chi connectivity index (χ0n) is 18.5. The second-order valence-corrected chi connectivity index (χ2v) is 8.00. The van der Waals surface area contributed by atoms with Crippen LogP contribution in [0.1, 0.15) is 25.3 Å². The molecule has 0 bridgehead atoms. The number of pyridine rings is 1. The number of anilines is 1. The quantitative estimate of drug-likeness (QED) is 0.459. The molecule has 0 saturated carbocycles. The summed E-state index contributed by atoms with van der Waals surface area (Å²) < 4.78 is 50.2. The van der Waals surface area contributed by atoms with E-state index in [0.29, 0.717) is 30.8 Å². The Balaban J connectivity index is 1.55. The van der Waals surface area contributed by atoms with Crippen molar-refractivity contribution in [3.63, 3.8) is 0 Å². The van der Waals surface area contributed by atoms with Crippen LogP contribution in [0.4, 0.5) is 19.0 Å². The maximum absolute atomic E-state index is 13.4. The van der Waals surface area contributed by atoms with Gasteiger partial charge in [0.05, 0.1) is 30.7 Å². The van der Waals surface area contributed by atoms with Crippen LogP contribution in [0.25, 0.3) is 22.0 Å². The van der Waals surface area contributed by atoms with Crippen molar-refractivity contribution in [3.05, 3.63) is 54.1 Å². The van der Waals surface area contributed by atoms with E-state index in [-0.39, 0.29) is 17.6 Å². The molecule has 1 aliphatic heterocycles. The van der Waals surface area contributed by atoms with E-state index < -0.39 is 11.7 Å². The summed E-state index contributed by atoms with van der Waals surface area (Å²) in [5, 5.41) is 0.835. The summed E-state index contributed by atoms with van der Waals surface area (Å²) in [4.78, 5) is 18.8. The number of hydrogen-bond donors (Lipinski definition) is 0. The molecule has 2 aromatic carbocycles. The highest BCUT2D eigenvalue weighted by molar-refractivity contribution is 5.86. The molecule has 0 spiro atoms. The smallest absolute Gasteiger partial charge is 0.419 e. The number of rotatable bonds is 5. The molecule has 8 heteroatoms. The van der Waals surface area contributed by atoms with E-state index in [2.05, 4.69) is 4.90 Å². The molecule has 4 rings (SSSR count). The minimum Gasteiger partial charge on any atom is -0.496 e. The molecule has 174 valence electrons. The fourth-order valence-electron chi connectivity index (χ4n) is 4.18. The van der Waals surface area contributed by atoms with Gasteiger partial charge in [0.25, 0.3) is 0 Å². The van der Waals surface area contributed by atoms with Gasteiger partial charge in [0.2, 0.25) is 0 Å². The van der Waals surface area contributed by atoms with E-state index in [0.717, 1.165) is 35.6 Å². The lowest BCUT2D eigenvalue weighted by atomic mass is 9.97. The molecule has 1 fully saturated rings. The monoisotopic (exact) mass is 458 g/mol. The lowest BCUT2D eigenvalue weighted by Crippen LogP contribution is -2.37. The lowest BCUT2D eigenvalue weighted by Gasteiger charge is -2.31. The maximum Gasteiger partial charge on any atom is 0.419 e. The SMILES string of the molecule is CCOC(=O)C1CCN(c2ccc3cc(-c4ccc(OC)c(C(F)(F)F)c4)ccc3n2)CC1. The first-order valence-electron chi connectivity index (χ1n) is 10.9. The molecule has 3 aromatic rings. The zero-order chi connectivity index (χ0) is 23.6. The zero-order valence-corrected chi connectivity index (χ0v) is 18.5. The third-order valence-electron chi connectivity index (χ3n) is 5.95. The van der Waals surface area contributed by atoms with Crippen LogP contribution in [-0.4, -0.2) is 37.8 Å². The fourth-order valence-corrected chi connectivity index (χ4v) is 4.18. The first-order valence-corrected chi connectivity index (χ1v) is 10.9. The number of nitrogens with zero attached hydrogens (tertiary/aromatic N) is 2. The number of piperidine rings is 1. The van der Waals surface area contributed by atoms with Gasteiger partial charge in [-0.3, -0.25) is 4.79 Å². The van der Waals surface area contributed by atoms with Gasteiger partial charge in [0.1, 0.15) is 11.6 Å². The second-order valence-electron chi connectivity index (χ2n) is 8.00. The molecular weight excluding hydrogens is 433 g/mol. The van der Waals surface area contributed by atoms with Crippen molar-refractivity contribution in [1.29, 1.82) is 0 Å². The Hall–Kier alpha value is -3.29. The van der Waals surface area contributed by atoms with E-state index in [9.17, 15) is 18.0 Å². The predicted octanol–water partition coefficient (Wildman–Crippen LogP) is 5.71. The number of aromatic nitrogens is 1. The van der Waals surface area contributed by atoms with Crippen molar-refractivity contribution in [3.8, 4) is 16.9 Å². The number of ether oxygens (including phenoxy) is 2. The molecule has 0 unspecified atom stereocenters. The number of halogens is 3. The molecule has 0 radical (unpaired) electrons. The highest BCUT2D eigenvalue weighted by Gasteiger charge is 2.34. The molecular formula is C25H25F3N2O3. The molecule has 1 aromatic heterocycles. The van der Waals surface area contributed by atoms with E-state index in [4.69, 9.17) is 14.5 Å². The number of carbonyl (C=O) groups is 1. The van der Waals surface area contributed by atoms with Crippen molar-refractivity contribution in [2.24, 2.45) is 5.92 Å². The molecule has 0 atom stereocenters. The Labute approximate surface area is 190 Å². The van der Waals surface area contributed by atoms with Gasteiger partial charge in [0.15, 0.2) is 0 Å². The van der Waals surface area contributed by atoms with E-state index in [1.165, 1.54) is 13.2 Å². The predicted molar refractivity (Wildman–Crippen MR) is 120 cm³/mol. The largest absolute Gasteiger partial charge is 0.496 e.